The normalized spacial score (nSPS) is 20.6. The van der Waals surface area contributed by atoms with Gasteiger partial charge in [-0.15, -0.1) is 0 Å². The van der Waals surface area contributed by atoms with Gasteiger partial charge in [-0.2, -0.15) is 0 Å². The van der Waals surface area contributed by atoms with Gasteiger partial charge in [0.05, 0.1) is 6.04 Å². The second-order valence-electron chi connectivity index (χ2n) is 3.53. The van der Waals surface area contributed by atoms with Gasteiger partial charge in [0.2, 0.25) is 5.91 Å². The highest BCUT2D eigenvalue weighted by molar-refractivity contribution is 5.78. The monoisotopic (exact) mass is 190 g/mol. The Morgan fingerprint density at radius 2 is 2.07 bits per heavy atom. The van der Waals surface area contributed by atoms with Gasteiger partial charge < -0.3 is 10.6 Å². The van der Waals surface area contributed by atoms with Gasteiger partial charge in [-0.25, -0.2) is 0 Å². The standard InChI is InChI=1S/C11H14N2O/c1-12-9-4-2-8(3-5-9)10-6-7-11(14)13-10/h2-5,10,12H,6-7H2,1H3,(H,13,14)/t10-/m1/s1. The van der Waals surface area contributed by atoms with Crippen LogP contribution in [0.15, 0.2) is 24.3 Å². The van der Waals surface area contributed by atoms with Crippen molar-refractivity contribution in [3.63, 3.8) is 0 Å². The highest BCUT2D eigenvalue weighted by atomic mass is 16.1. The molecule has 0 saturated carbocycles. The Kier molecular flexibility index (Phi) is 2.39. The fourth-order valence-corrected chi connectivity index (χ4v) is 1.75. The van der Waals surface area contributed by atoms with Crippen LogP contribution in [0.1, 0.15) is 24.4 Å². The summed E-state index contributed by atoms with van der Waals surface area (Å²) in [6.07, 6.45) is 1.57. The maximum atomic E-state index is 11.0. The predicted octanol–water partition coefficient (Wildman–Crippen LogP) is 1.68. The highest BCUT2D eigenvalue weighted by Crippen LogP contribution is 2.24. The second kappa shape index (κ2) is 3.70. The van der Waals surface area contributed by atoms with Crippen molar-refractivity contribution in [2.24, 2.45) is 0 Å². The first-order valence-electron chi connectivity index (χ1n) is 4.86. The van der Waals surface area contributed by atoms with Crippen molar-refractivity contribution in [2.45, 2.75) is 18.9 Å². The zero-order valence-corrected chi connectivity index (χ0v) is 8.21. The van der Waals surface area contributed by atoms with E-state index < -0.39 is 0 Å². The number of rotatable bonds is 2. The van der Waals surface area contributed by atoms with E-state index in [-0.39, 0.29) is 11.9 Å². The van der Waals surface area contributed by atoms with Gasteiger partial charge in [0.1, 0.15) is 0 Å². The number of carbonyl (C=O) groups excluding carboxylic acids is 1. The minimum atomic E-state index is 0.160. The maximum absolute atomic E-state index is 11.0. The first-order chi connectivity index (χ1) is 6.79. The summed E-state index contributed by atoms with van der Waals surface area (Å²) >= 11 is 0. The molecule has 0 bridgehead atoms. The number of carbonyl (C=O) groups is 1. The third-order valence-corrected chi connectivity index (χ3v) is 2.60. The molecule has 0 radical (unpaired) electrons. The molecule has 0 spiro atoms. The molecular formula is C11H14N2O. The number of amides is 1. The molecule has 74 valence electrons. The largest absolute Gasteiger partial charge is 0.388 e. The molecular weight excluding hydrogens is 176 g/mol. The second-order valence-corrected chi connectivity index (χ2v) is 3.53. The molecule has 0 aromatic heterocycles. The van der Waals surface area contributed by atoms with E-state index in [2.05, 4.69) is 22.8 Å². The van der Waals surface area contributed by atoms with E-state index in [0.29, 0.717) is 6.42 Å². The van der Waals surface area contributed by atoms with E-state index in [1.54, 1.807) is 0 Å². The molecule has 3 heteroatoms. The van der Waals surface area contributed by atoms with Crippen molar-refractivity contribution in [2.75, 3.05) is 12.4 Å². The molecule has 1 aliphatic rings. The zero-order chi connectivity index (χ0) is 9.97. The van der Waals surface area contributed by atoms with E-state index in [0.717, 1.165) is 12.1 Å². The minimum Gasteiger partial charge on any atom is -0.388 e. The lowest BCUT2D eigenvalue weighted by Gasteiger charge is -2.10. The molecule has 0 aliphatic carbocycles. The van der Waals surface area contributed by atoms with Crippen LogP contribution >= 0.6 is 0 Å². The maximum Gasteiger partial charge on any atom is 0.220 e. The Balaban J connectivity index is 2.13. The van der Waals surface area contributed by atoms with Gasteiger partial charge in [-0.3, -0.25) is 4.79 Å². The summed E-state index contributed by atoms with van der Waals surface area (Å²) in [6.45, 7) is 0. The first-order valence-corrected chi connectivity index (χ1v) is 4.86. The molecule has 14 heavy (non-hydrogen) atoms. The molecule has 1 aromatic carbocycles. The summed E-state index contributed by atoms with van der Waals surface area (Å²) in [7, 11) is 1.90. The summed E-state index contributed by atoms with van der Waals surface area (Å²) in [5.41, 5.74) is 2.29. The van der Waals surface area contributed by atoms with Crippen molar-refractivity contribution >= 4 is 11.6 Å². The summed E-state index contributed by atoms with van der Waals surface area (Å²) in [4.78, 5) is 11.0. The van der Waals surface area contributed by atoms with E-state index in [1.165, 1.54) is 5.56 Å². The lowest BCUT2D eigenvalue weighted by atomic mass is 10.1. The van der Waals surface area contributed by atoms with E-state index >= 15 is 0 Å². The SMILES string of the molecule is CNc1ccc([C@H]2CCC(=O)N2)cc1. The average molecular weight is 190 g/mol. The van der Waals surface area contributed by atoms with Crippen LogP contribution in [0.25, 0.3) is 0 Å². The molecule has 1 fully saturated rings. The summed E-state index contributed by atoms with van der Waals surface area (Å²) in [6, 6.07) is 8.39. The van der Waals surface area contributed by atoms with Gasteiger partial charge in [0, 0.05) is 19.2 Å². The van der Waals surface area contributed by atoms with Gasteiger partial charge in [0.25, 0.3) is 0 Å². The molecule has 1 saturated heterocycles. The van der Waals surface area contributed by atoms with Gasteiger partial charge in [-0.05, 0) is 24.1 Å². The van der Waals surface area contributed by atoms with E-state index in [4.69, 9.17) is 0 Å². The Morgan fingerprint density at radius 3 is 2.57 bits per heavy atom. The lowest BCUT2D eigenvalue weighted by Crippen LogP contribution is -2.18. The first kappa shape index (κ1) is 9.06. The number of hydrogen-bond donors (Lipinski definition) is 2. The van der Waals surface area contributed by atoms with E-state index in [9.17, 15) is 4.79 Å². The Bertz CT molecular complexity index is 332. The molecule has 1 aromatic rings. The number of benzene rings is 1. The minimum absolute atomic E-state index is 0.160. The predicted molar refractivity (Wildman–Crippen MR) is 56.1 cm³/mol. The molecule has 1 heterocycles. The lowest BCUT2D eigenvalue weighted by molar-refractivity contribution is -0.119. The van der Waals surface area contributed by atoms with Crippen LogP contribution in [0.2, 0.25) is 0 Å². The molecule has 3 nitrogen and oxygen atoms in total. The molecule has 2 N–H and O–H groups in total. The third-order valence-electron chi connectivity index (χ3n) is 2.60. The Labute approximate surface area is 83.5 Å². The van der Waals surface area contributed by atoms with Crippen LogP contribution in [-0.2, 0) is 4.79 Å². The summed E-state index contributed by atoms with van der Waals surface area (Å²) in [5, 5.41) is 6.01. The molecule has 1 amide bonds. The summed E-state index contributed by atoms with van der Waals surface area (Å²) < 4.78 is 0. The van der Waals surface area contributed by atoms with Gasteiger partial charge in [-0.1, -0.05) is 12.1 Å². The van der Waals surface area contributed by atoms with Crippen LogP contribution < -0.4 is 10.6 Å². The molecule has 2 rings (SSSR count). The van der Waals surface area contributed by atoms with E-state index in [1.807, 2.05) is 19.2 Å². The molecule has 0 unspecified atom stereocenters. The number of hydrogen-bond acceptors (Lipinski definition) is 2. The van der Waals surface area contributed by atoms with Crippen molar-refractivity contribution in [1.82, 2.24) is 5.32 Å². The quantitative estimate of drug-likeness (QED) is 0.745. The van der Waals surface area contributed by atoms with Crippen LogP contribution in [0, 0.1) is 0 Å². The van der Waals surface area contributed by atoms with Crippen molar-refractivity contribution in [1.29, 1.82) is 0 Å². The Morgan fingerprint density at radius 1 is 1.36 bits per heavy atom. The molecule has 1 atom stereocenters. The van der Waals surface area contributed by atoms with Crippen molar-refractivity contribution < 1.29 is 4.79 Å². The Hall–Kier alpha value is -1.51. The fraction of sp³-hybridized carbons (Fsp3) is 0.364. The smallest absolute Gasteiger partial charge is 0.220 e. The number of anilines is 1. The van der Waals surface area contributed by atoms with Crippen LogP contribution in [-0.4, -0.2) is 13.0 Å². The van der Waals surface area contributed by atoms with Crippen molar-refractivity contribution in [3.8, 4) is 0 Å². The van der Waals surface area contributed by atoms with Gasteiger partial charge in [0.15, 0.2) is 0 Å². The third kappa shape index (κ3) is 1.71. The molecule has 1 aliphatic heterocycles. The average Bonchev–Trinajstić information content (AvgIpc) is 2.65. The van der Waals surface area contributed by atoms with Crippen LogP contribution in [0.5, 0.6) is 0 Å². The highest BCUT2D eigenvalue weighted by Gasteiger charge is 2.21. The van der Waals surface area contributed by atoms with Crippen molar-refractivity contribution in [3.05, 3.63) is 29.8 Å². The fourth-order valence-electron chi connectivity index (χ4n) is 1.75. The number of nitrogens with one attached hydrogen (secondary N) is 2. The zero-order valence-electron chi connectivity index (χ0n) is 8.21. The van der Waals surface area contributed by atoms with Crippen LogP contribution in [0.3, 0.4) is 0 Å². The summed E-state index contributed by atoms with van der Waals surface area (Å²) in [5.74, 6) is 0.160. The topological polar surface area (TPSA) is 41.1 Å². The van der Waals surface area contributed by atoms with Gasteiger partial charge >= 0.3 is 0 Å². The van der Waals surface area contributed by atoms with Crippen LogP contribution in [0.4, 0.5) is 5.69 Å².